The average molecular weight is 374 g/mol. The van der Waals surface area contributed by atoms with Gasteiger partial charge in [0.15, 0.2) is 0 Å². The Kier molecular flexibility index (Phi) is 6.52. The van der Waals surface area contributed by atoms with Crippen LogP contribution in [0.3, 0.4) is 0 Å². The summed E-state index contributed by atoms with van der Waals surface area (Å²) in [6.07, 6.45) is 1.76. The van der Waals surface area contributed by atoms with Crippen molar-refractivity contribution in [2.45, 2.75) is 64.5 Å². The lowest BCUT2D eigenvalue weighted by Gasteiger charge is -2.40. The van der Waals surface area contributed by atoms with Crippen molar-refractivity contribution in [3.63, 3.8) is 0 Å². The summed E-state index contributed by atoms with van der Waals surface area (Å²) in [5.41, 5.74) is 0. The second-order valence-electron chi connectivity index (χ2n) is 8.88. The van der Waals surface area contributed by atoms with E-state index in [9.17, 15) is 18.0 Å². The molecule has 1 amide bonds. The number of alkyl halides is 3. The molecule has 0 aromatic carbocycles. The Labute approximate surface area is 155 Å². The van der Waals surface area contributed by atoms with E-state index in [0.717, 1.165) is 51.5 Å². The normalized spacial score (nSPS) is 32.6. The van der Waals surface area contributed by atoms with E-state index in [1.807, 2.05) is 4.90 Å². The Hall–Kier alpha value is -0.780. The van der Waals surface area contributed by atoms with Crippen molar-refractivity contribution in [3.05, 3.63) is 0 Å². The minimum absolute atomic E-state index is 0.00644. The second-order valence-corrected chi connectivity index (χ2v) is 8.88. The molecule has 0 spiro atoms. The maximum absolute atomic E-state index is 13.0. The molecule has 0 aromatic rings. The van der Waals surface area contributed by atoms with Crippen LogP contribution in [0.5, 0.6) is 0 Å². The first kappa shape index (κ1) is 20.0. The summed E-state index contributed by atoms with van der Waals surface area (Å²) in [5.74, 6) is -0.450. The average Bonchev–Trinajstić information content (AvgIpc) is 2.63. The first-order valence-corrected chi connectivity index (χ1v) is 10.4. The van der Waals surface area contributed by atoms with Crippen molar-refractivity contribution in [1.82, 2.24) is 9.80 Å². The van der Waals surface area contributed by atoms with Crippen LogP contribution in [0, 0.1) is 23.7 Å². The highest BCUT2D eigenvalue weighted by molar-refractivity contribution is 5.79. The first-order chi connectivity index (χ1) is 12.3. The third-order valence-corrected chi connectivity index (χ3v) is 6.71. The lowest BCUT2D eigenvalue weighted by atomic mass is 9.80. The molecular formula is C20H33F3N2O. The molecule has 2 saturated heterocycles. The van der Waals surface area contributed by atoms with Crippen LogP contribution in [0.25, 0.3) is 0 Å². The van der Waals surface area contributed by atoms with Gasteiger partial charge in [0.05, 0.1) is 5.92 Å². The molecule has 0 aromatic heterocycles. The number of hydrogen-bond acceptors (Lipinski definition) is 2. The molecule has 3 rings (SSSR count). The van der Waals surface area contributed by atoms with Crippen molar-refractivity contribution in [2.24, 2.45) is 23.7 Å². The lowest BCUT2D eigenvalue weighted by Crippen LogP contribution is -2.47. The van der Waals surface area contributed by atoms with Gasteiger partial charge in [-0.2, -0.15) is 13.2 Å². The number of likely N-dealkylation sites (tertiary alicyclic amines) is 2. The van der Waals surface area contributed by atoms with Gasteiger partial charge in [-0.05, 0) is 69.9 Å². The highest BCUT2D eigenvalue weighted by Crippen LogP contribution is 2.40. The fraction of sp³-hybridized carbons (Fsp3) is 0.950. The van der Waals surface area contributed by atoms with E-state index in [0.29, 0.717) is 18.8 Å². The van der Waals surface area contributed by atoms with Gasteiger partial charge in [0.25, 0.3) is 0 Å². The topological polar surface area (TPSA) is 23.6 Å². The van der Waals surface area contributed by atoms with Gasteiger partial charge in [0.2, 0.25) is 5.91 Å². The van der Waals surface area contributed by atoms with Gasteiger partial charge in [-0.1, -0.05) is 13.3 Å². The van der Waals surface area contributed by atoms with E-state index in [-0.39, 0.29) is 18.7 Å². The molecule has 150 valence electrons. The quantitative estimate of drug-likeness (QED) is 0.734. The molecule has 3 nitrogen and oxygen atoms in total. The highest BCUT2D eigenvalue weighted by Gasteiger charge is 2.44. The zero-order chi connectivity index (χ0) is 18.7. The Morgan fingerprint density at radius 3 is 2.42 bits per heavy atom. The standard InChI is InChI=1S/C20H33F3N2O/c1-15-7-10-24(11-8-15)13-16-4-3-9-25(14-16)19(26)17-5-2-6-18(12-17)20(21,22)23/h15-18H,2-14H2,1H3/t16-,17+,18+/m0/s1. The molecule has 0 N–H and O–H groups in total. The fourth-order valence-corrected chi connectivity index (χ4v) is 4.99. The van der Waals surface area contributed by atoms with Crippen LogP contribution in [-0.4, -0.2) is 54.6 Å². The predicted molar refractivity (Wildman–Crippen MR) is 95.6 cm³/mol. The molecule has 1 saturated carbocycles. The van der Waals surface area contributed by atoms with Crippen LogP contribution in [0.15, 0.2) is 0 Å². The summed E-state index contributed by atoms with van der Waals surface area (Å²) < 4.78 is 39.1. The van der Waals surface area contributed by atoms with Crippen molar-refractivity contribution < 1.29 is 18.0 Å². The van der Waals surface area contributed by atoms with E-state index in [1.165, 1.54) is 12.8 Å². The van der Waals surface area contributed by atoms with E-state index >= 15 is 0 Å². The molecule has 2 heterocycles. The number of piperidine rings is 2. The molecule has 26 heavy (non-hydrogen) atoms. The van der Waals surface area contributed by atoms with E-state index in [1.54, 1.807) is 0 Å². The van der Waals surface area contributed by atoms with E-state index in [2.05, 4.69) is 11.8 Å². The molecule has 1 aliphatic carbocycles. The van der Waals surface area contributed by atoms with Crippen LogP contribution >= 0.6 is 0 Å². The van der Waals surface area contributed by atoms with Gasteiger partial charge in [-0.25, -0.2) is 0 Å². The number of hydrogen-bond donors (Lipinski definition) is 0. The van der Waals surface area contributed by atoms with Crippen LogP contribution in [0.1, 0.15) is 58.3 Å². The van der Waals surface area contributed by atoms with Crippen LogP contribution in [-0.2, 0) is 4.79 Å². The van der Waals surface area contributed by atoms with Crippen molar-refractivity contribution in [2.75, 3.05) is 32.7 Å². The summed E-state index contributed by atoms with van der Waals surface area (Å²) in [6, 6.07) is 0. The minimum Gasteiger partial charge on any atom is -0.342 e. The van der Waals surface area contributed by atoms with Crippen LogP contribution < -0.4 is 0 Å². The SMILES string of the molecule is CC1CCN(C[C@@H]2CCCN(C(=O)[C@@H]3CCC[C@@H](C(F)(F)F)C3)C2)CC1. The number of carbonyl (C=O) groups excluding carboxylic acids is 1. The monoisotopic (exact) mass is 374 g/mol. The minimum atomic E-state index is -4.16. The van der Waals surface area contributed by atoms with Gasteiger partial charge >= 0.3 is 6.18 Å². The van der Waals surface area contributed by atoms with E-state index in [4.69, 9.17) is 0 Å². The van der Waals surface area contributed by atoms with Crippen LogP contribution in [0.4, 0.5) is 13.2 Å². The molecule has 2 aliphatic heterocycles. The molecule has 0 radical (unpaired) electrons. The molecule has 3 atom stereocenters. The lowest BCUT2D eigenvalue weighted by molar-refractivity contribution is -0.187. The fourth-order valence-electron chi connectivity index (χ4n) is 4.99. The number of rotatable bonds is 3. The van der Waals surface area contributed by atoms with Crippen molar-refractivity contribution in [3.8, 4) is 0 Å². The number of halogens is 3. The summed E-state index contributed by atoms with van der Waals surface area (Å²) in [5, 5.41) is 0. The maximum Gasteiger partial charge on any atom is 0.391 e. The summed E-state index contributed by atoms with van der Waals surface area (Å²) in [7, 11) is 0. The molecule has 0 unspecified atom stereocenters. The van der Waals surface area contributed by atoms with Gasteiger partial charge < -0.3 is 9.80 Å². The van der Waals surface area contributed by atoms with Crippen molar-refractivity contribution >= 4 is 5.91 Å². The molecule has 6 heteroatoms. The number of amides is 1. The second kappa shape index (κ2) is 8.49. The zero-order valence-corrected chi connectivity index (χ0v) is 15.9. The Bertz CT molecular complexity index is 474. The highest BCUT2D eigenvalue weighted by atomic mass is 19.4. The van der Waals surface area contributed by atoms with Gasteiger partial charge in [0.1, 0.15) is 0 Å². The van der Waals surface area contributed by atoms with Crippen LogP contribution in [0.2, 0.25) is 0 Å². The van der Waals surface area contributed by atoms with Gasteiger partial charge in [0, 0.05) is 25.6 Å². The smallest absolute Gasteiger partial charge is 0.342 e. The van der Waals surface area contributed by atoms with Crippen molar-refractivity contribution in [1.29, 1.82) is 0 Å². The molecular weight excluding hydrogens is 341 g/mol. The number of carbonyl (C=O) groups is 1. The summed E-state index contributed by atoms with van der Waals surface area (Å²) in [6.45, 7) is 7.07. The van der Waals surface area contributed by atoms with Gasteiger partial charge in [-0.3, -0.25) is 4.79 Å². The first-order valence-electron chi connectivity index (χ1n) is 10.4. The Morgan fingerprint density at radius 2 is 1.73 bits per heavy atom. The zero-order valence-electron chi connectivity index (χ0n) is 15.9. The van der Waals surface area contributed by atoms with E-state index < -0.39 is 18.0 Å². The Balaban J connectivity index is 1.51. The maximum atomic E-state index is 13.0. The summed E-state index contributed by atoms with van der Waals surface area (Å²) >= 11 is 0. The molecule has 3 fully saturated rings. The predicted octanol–water partition coefficient (Wildman–Crippen LogP) is 4.33. The summed E-state index contributed by atoms with van der Waals surface area (Å²) in [4.78, 5) is 17.2. The third kappa shape index (κ3) is 5.14. The van der Waals surface area contributed by atoms with Gasteiger partial charge in [-0.15, -0.1) is 0 Å². The number of nitrogens with zero attached hydrogens (tertiary/aromatic N) is 2. The third-order valence-electron chi connectivity index (χ3n) is 6.71. The molecule has 3 aliphatic rings. The molecule has 0 bridgehead atoms. The largest absolute Gasteiger partial charge is 0.391 e. The Morgan fingerprint density at radius 1 is 1.00 bits per heavy atom.